The highest BCUT2D eigenvalue weighted by atomic mass is 16.5. The SMILES string of the molecule is CC(C)(C)OC[C@@H]1CCCN1C=O. The van der Waals surface area contributed by atoms with E-state index < -0.39 is 0 Å². The third-order valence-electron chi connectivity index (χ3n) is 2.27. The average molecular weight is 185 g/mol. The standard InChI is InChI=1S/C10H19NO2/c1-10(2,3)13-7-9-5-4-6-11(9)8-12/h8-9H,4-7H2,1-3H3/t9-/m0/s1. The van der Waals surface area contributed by atoms with Crippen molar-refractivity contribution in [1.29, 1.82) is 0 Å². The summed E-state index contributed by atoms with van der Waals surface area (Å²) in [4.78, 5) is 12.5. The Hall–Kier alpha value is -0.570. The number of amides is 1. The van der Waals surface area contributed by atoms with Crippen molar-refractivity contribution in [2.24, 2.45) is 0 Å². The summed E-state index contributed by atoms with van der Waals surface area (Å²) in [5.41, 5.74) is -0.100. The topological polar surface area (TPSA) is 29.5 Å². The van der Waals surface area contributed by atoms with Crippen LogP contribution in [0.1, 0.15) is 33.6 Å². The average Bonchev–Trinajstić information content (AvgIpc) is 2.46. The molecule has 3 nitrogen and oxygen atoms in total. The molecule has 0 spiro atoms. The third-order valence-corrected chi connectivity index (χ3v) is 2.27. The van der Waals surface area contributed by atoms with Gasteiger partial charge in [-0.1, -0.05) is 0 Å². The Kier molecular flexibility index (Phi) is 3.31. The van der Waals surface area contributed by atoms with Crippen LogP contribution in [0.2, 0.25) is 0 Å². The van der Waals surface area contributed by atoms with Gasteiger partial charge in [-0.2, -0.15) is 0 Å². The van der Waals surface area contributed by atoms with Crippen molar-refractivity contribution in [1.82, 2.24) is 4.90 Å². The second-order valence-corrected chi connectivity index (χ2v) is 4.56. The zero-order valence-electron chi connectivity index (χ0n) is 8.75. The van der Waals surface area contributed by atoms with Gasteiger partial charge < -0.3 is 9.64 Å². The van der Waals surface area contributed by atoms with Crippen LogP contribution in [0.5, 0.6) is 0 Å². The number of hydrogen-bond donors (Lipinski definition) is 0. The summed E-state index contributed by atoms with van der Waals surface area (Å²) >= 11 is 0. The van der Waals surface area contributed by atoms with E-state index >= 15 is 0 Å². The lowest BCUT2D eigenvalue weighted by Crippen LogP contribution is -2.35. The van der Waals surface area contributed by atoms with Gasteiger partial charge in [-0.3, -0.25) is 4.79 Å². The van der Waals surface area contributed by atoms with Crippen molar-refractivity contribution < 1.29 is 9.53 Å². The second-order valence-electron chi connectivity index (χ2n) is 4.56. The fourth-order valence-electron chi connectivity index (χ4n) is 1.52. The maximum Gasteiger partial charge on any atom is 0.210 e. The lowest BCUT2D eigenvalue weighted by atomic mass is 10.2. The van der Waals surface area contributed by atoms with Crippen LogP contribution in [-0.4, -0.2) is 36.1 Å². The zero-order chi connectivity index (χ0) is 9.90. The van der Waals surface area contributed by atoms with Crippen LogP contribution in [-0.2, 0) is 9.53 Å². The van der Waals surface area contributed by atoms with Crippen LogP contribution in [0.3, 0.4) is 0 Å². The number of ether oxygens (including phenoxy) is 1. The maximum absolute atomic E-state index is 10.6. The van der Waals surface area contributed by atoms with Gasteiger partial charge in [-0.05, 0) is 33.6 Å². The summed E-state index contributed by atoms with van der Waals surface area (Å²) in [5.74, 6) is 0. The van der Waals surface area contributed by atoms with E-state index in [-0.39, 0.29) is 5.60 Å². The van der Waals surface area contributed by atoms with Crippen molar-refractivity contribution in [3.05, 3.63) is 0 Å². The molecule has 0 aliphatic carbocycles. The molecule has 1 aliphatic heterocycles. The molecule has 0 aromatic rings. The normalized spacial score (nSPS) is 23.6. The Morgan fingerprint density at radius 3 is 2.77 bits per heavy atom. The second kappa shape index (κ2) is 4.09. The summed E-state index contributed by atoms with van der Waals surface area (Å²) in [7, 11) is 0. The smallest absolute Gasteiger partial charge is 0.210 e. The summed E-state index contributed by atoms with van der Waals surface area (Å²) in [6, 6.07) is 0.303. The number of carbonyl (C=O) groups excluding carboxylic acids is 1. The van der Waals surface area contributed by atoms with Gasteiger partial charge in [0.05, 0.1) is 18.2 Å². The molecule has 0 saturated carbocycles. The Labute approximate surface area is 80.1 Å². The molecule has 0 bridgehead atoms. The zero-order valence-corrected chi connectivity index (χ0v) is 8.75. The highest BCUT2D eigenvalue weighted by Gasteiger charge is 2.24. The van der Waals surface area contributed by atoms with E-state index in [2.05, 4.69) is 0 Å². The number of nitrogens with zero attached hydrogens (tertiary/aromatic N) is 1. The fourth-order valence-corrected chi connectivity index (χ4v) is 1.52. The van der Waals surface area contributed by atoms with Crippen molar-refractivity contribution in [2.75, 3.05) is 13.2 Å². The first-order valence-corrected chi connectivity index (χ1v) is 4.88. The molecule has 1 saturated heterocycles. The van der Waals surface area contributed by atoms with Crippen LogP contribution in [0.4, 0.5) is 0 Å². The Morgan fingerprint density at radius 2 is 2.23 bits per heavy atom. The number of likely N-dealkylation sites (tertiary alicyclic amines) is 1. The van der Waals surface area contributed by atoms with Crippen molar-refractivity contribution >= 4 is 6.41 Å². The molecule has 1 amide bonds. The van der Waals surface area contributed by atoms with Gasteiger partial charge in [0.2, 0.25) is 6.41 Å². The van der Waals surface area contributed by atoms with E-state index in [4.69, 9.17) is 4.74 Å². The summed E-state index contributed by atoms with van der Waals surface area (Å²) in [6.07, 6.45) is 3.12. The van der Waals surface area contributed by atoms with Crippen molar-refractivity contribution in [3.8, 4) is 0 Å². The highest BCUT2D eigenvalue weighted by molar-refractivity contribution is 5.48. The van der Waals surface area contributed by atoms with Gasteiger partial charge in [0.15, 0.2) is 0 Å². The minimum Gasteiger partial charge on any atom is -0.374 e. The fraction of sp³-hybridized carbons (Fsp3) is 0.900. The molecule has 3 heteroatoms. The molecule has 0 aromatic heterocycles. The Bertz CT molecular complexity index is 174. The molecule has 0 radical (unpaired) electrons. The van der Waals surface area contributed by atoms with Crippen LogP contribution in [0.15, 0.2) is 0 Å². The van der Waals surface area contributed by atoms with Gasteiger partial charge in [-0.15, -0.1) is 0 Å². The van der Waals surface area contributed by atoms with Gasteiger partial charge in [0.1, 0.15) is 0 Å². The predicted octanol–water partition coefficient (Wildman–Crippen LogP) is 1.42. The highest BCUT2D eigenvalue weighted by Crippen LogP contribution is 2.17. The van der Waals surface area contributed by atoms with E-state index in [1.807, 2.05) is 25.7 Å². The summed E-state index contributed by atoms with van der Waals surface area (Å²) in [6.45, 7) is 7.66. The molecule has 0 aromatic carbocycles. The van der Waals surface area contributed by atoms with Gasteiger partial charge in [-0.25, -0.2) is 0 Å². The first-order valence-electron chi connectivity index (χ1n) is 4.88. The van der Waals surface area contributed by atoms with Gasteiger partial charge in [0.25, 0.3) is 0 Å². The molecule has 1 atom stereocenters. The van der Waals surface area contributed by atoms with Crippen LogP contribution in [0.25, 0.3) is 0 Å². The molecule has 0 unspecified atom stereocenters. The first kappa shape index (κ1) is 10.5. The number of carbonyl (C=O) groups is 1. The molecule has 1 heterocycles. The van der Waals surface area contributed by atoms with Crippen LogP contribution >= 0.6 is 0 Å². The van der Waals surface area contributed by atoms with Crippen molar-refractivity contribution in [2.45, 2.75) is 45.3 Å². The van der Waals surface area contributed by atoms with E-state index in [1.165, 1.54) is 0 Å². The molecule has 1 fully saturated rings. The number of hydrogen-bond acceptors (Lipinski definition) is 2. The minimum absolute atomic E-state index is 0.100. The molecule has 76 valence electrons. The third kappa shape index (κ3) is 3.35. The summed E-state index contributed by atoms with van der Waals surface area (Å²) < 4.78 is 5.64. The lowest BCUT2D eigenvalue weighted by molar-refractivity contribution is -0.121. The molecular formula is C10H19NO2. The number of rotatable bonds is 3. The molecule has 1 aliphatic rings. The van der Waals surface area contributed by atoms with E-state index in [9.17, 15) is 4.79 Å². The first-order chi connectivity index (χ1) is 6.03. The Morgan fingerprint density at radius 1 is 1.54 bits per heavy atom. The Balaban J connectivity index is 2.32. The predicted molar refractivity (Wildman–Crippen MR) is 51.5 cm³/mol. The van der Waals surface area contributed by atoms with Crippen molar-refractivity contribution in [3.63, 3.8) is 0 Å². The minimum atomic E-state index is -0.100. The van der Waals surface area contributed by atoms with E-state index in [0.717, 1.165) is 25.8 Å². The summed E-state index contributed by atoms with van der Waals surface area (Å²) in [5, 5.41) is 0. The molecule has 0 N–H and O–H groups in total. The maximum atomic E-state index is 10.6. The molecular weight excluding hydrogens is 166 g/mol. The van der Waals surface area contributed by atoms with Gasteiger partial charge in [0, 0.05) is 6.54 Å². The van der Waals surface area contributed by atoms with Gasteiger partial charge >= 0.3 is 0 Å². The quantitative estimate of drug-likeness (QED) is 0.622. The molecule has 1 rings (SSSR count). The molecule has 13 heavy (non-hydrogen) atoms. The van der Waals surface area contributed by atoms with Crippen LogP contribution in [0, 0.1) is 0 Å². The van der Waals surface area contributed by atoms with Crippen LogP contribution < -0.4 is 0 Å². The van der Waals surface area contributed by atoms with E-state index in [1.54, 1.807) is 0 Å². The van der Waals surface area contributed by atoms with E-state index in [0.29, 0.717) is 12.6 Å². The monoisotopic (exact) mass is 185 g/mol. The lowest BCUT2D eigenvalue weighted by Gasteiger charge is -2.25. The largest absolute Gasteiger partial charge is 0.374 e.